The Morgan fingerprint density at radius 2 is 2.03 bits per heavy atom. The number of carbonyl (C=O) groups excluding carboxylic acids is 3. The van der Waals surface area contributed by atoms with Crippen LogP contribution in [0.3, 0.4) is 0 Å². The Labute approximate surface area is 168 Å². The van der Waals surface area contributed by atoms with Gasteiger partial charge in [0.1, 0.15) is 5.60 Å². The number of rotatable bonds is 2. The summed E-state index contributed by atoms with van der Waals surface area (Å²) in [4.78, 5) is 39.3. The molecule has 3 aliphatic carbocycles. The van der Waals surface area contributed by atoms with E-state index in [0.29, 0.717) is 24.3 Å². The van der Waals surface area contributed by atoms with Gasteiger partial charge in [0.25, 0.3) is 0 Å². The number of carbonyl (C=O) groups is 3. The first-order valence-electron chi connectivity index (χ1n) is 10.2. The molecular weight excluding hydrogens is 374 g/mol. The highest BCUT2D eigenvalue weighted by molar-refractivity contribution is 5.91. The number of ketones is 1. The van der Waals surface area contributed by atoms with Gasteiger partial charge < -0.3 is 14.2 Å². The van der Waals surface area contributed by atoms with Gasteiger partial charge in [-0.1, -0.05) is 6.07 Å². The number of ether oxygens (including phenoxy) is 3. The number of likely N-dealkylation sites (N-methyl/N-ethyl adjacent to an activating group) is 1. The number of esters is 2. The van der Waals surface area contributed by atoms with E-state index in [2.05, 4.69) is 11.9 Å². The average Bonchev–Trinajstić information content (AvgIpc) is 3.04. The first-order chi connectivity index (χ1) is 13.7. The van der Waals surface area contributed by atoms with E-state index in [0.717, 1.165) is 30.5 Å². The van der Waals surface area contributed by atoms with Crippen molar-refractivity contribution in [2.24, 2.45) is 5.41 Å². The molecule has 0 aromatic heterocycles. The number of benzene rings is 1. The summed E-state index contributed by atoms with van der Waals surface area (Å²) >= 11 is 0. The molecule has 3 fully saturated rings. The molecule has 7 heteroatoms. The van der Waals surface area contributed by atoms with Crippen LogP contribution >= 0.6 is 0 Å². The van der Waals surface area contributed by atoms with Gasteiger partial charge in [0.05, 0.1) is 11.5 Å². The van der Waals surface area contributed by atoms with Gasteiger partial charge in [0.2, 0.25) is 0 Å². The molecular formula is C22H23NO6. The van der Waals surface area contributed by atoms with Crippen molar-refractivity contribution in [3.05, 3.63) is 23.3 Å². The van der Waals surface area contributed by atoms with Crippen LogP contribution in [0.2, 0.25) is 0 Å². The first-order valence-corrected chi connectivity index (χ1v) is 10.2. The quantitative estimate of drug-likeness (QED) is 0.553. The molecule has 7 nitrogen and oxygen atoms in total. The van der Waals surface area contributed by atoms with E-state index in [1.54, 1.807) is 6.07 Å². The lowest BCUT2D eigenvalue weighted by Crippen LogP contribution is -2.72. The zero-order chi connectivity index (χ0) is 20.3. The summed E-state index contributed by atoms with van der Waals surface area (Å²) in [5, 5.41) is 0. The van der Waals surface area contributed by atoms with Crippen LogP contribution < -0.4 is 9.47 Å². The van der Waals surface area contributed by atoms with Gasteiger partial charge in [-0.25, -0.2) is 0 Å². The van der Waals surface area contributed by atoms with E-state index >= 15 is 0 Å². The molecule has 2 bridgehead atoms. The number of likely N-dealkylation sites (tertiary alicyclic amines) is 1. The van der Waals surface area contributed by atoms with Crippen molar-refractivity contribution < 1.29 is 28.6 Å². The molecule has 0 N–H and O–H groups in total. The molecule has 6 rings (SSSR count). The lowest BCUT2D eigenvalue weighted by molar-refractivity contribution is -0.197. The van der Waals surface area contributed by atoms with Crippen LogP contribution in [0.1, 0.15) is 44.2 Å². The van der Waals surface area contributed by atoms with Crippen molar-refractivity contribution in [2.75, 3.05) is 13.6 Å². The van der Waals surface area contributed by atoms with Gasteiger partial charge in [-0.2, -0.15) is 0 Å². The third-order valence-corrected chi connectivity index (χ3v) is 7.91. The van der Waals surface area contributed by atoms with Crippen LogP contribution in [0.15, 0.2) is 12.1 Å². The fourth-order valence-corrected chi connectivity index (χ4v) is 7.73. The topological polar surface area (TPSA) is 82.1 Å². The second-order valence-corrected chi connectivity index (χ2v) is 9.47. The van der Waals surface area contributed by atoms with Gasteiger partial charge >= 0.3 is 11.9 Å². The van der Waals surface area contributed by atoms with Crippen LogP contribution in [0.25, 0.3) is 0 Å². The third-order valence-electron chi connectivity index (χ3n) is 7.91. The molecule has 152 valence electrons. The van der Waals surface area contributed by atoms with E-state index in [1.807, 2.05) is 6.07 Å². The summed E-state index contributed by atoms with van der Waals surface area (Å²) in [6.07, 6.45) is 1.70. The summed E-state index contributed by atoms with van der Waals surface area (Å²) in [6, 6.07) is 3.80. The van der Waals surface area contributed by atoms with Crippen molar-refractivity contribution >= 4 is 17.7 Å². The van der Waals surface area contributed by atoms with Gasteiger partial charge in [-0.15, -0.1) is 0 Å². The minimum atomic E-state index is -0.810. The number of hydrogen-bond donors (Lipinski definition) is 0. The molecule has 2 aliphatic heterocycles. The highest BCUT2D eigenvalue weighted by Gasteiger charge is 2.84. The summed E-state index contributed by atoms with van der Waals surface area (Å²) in [5.74, 6) is 0.0842. The molecule has 2 spiro atoms. The molecule has 0 radical (unpaired) electrons. The smallest absolute Gasteiger partial charge is 0.308 e. The van der Waals surface area contributed by atoms with Crippen LogP contribution in [-0.4, -0.2) is 54.0 Å². The lowest BCUT2D eigenvalue weighted by Gasteiger charge is -2.57. The zero-order valence-electron chi connectivity index (χ0n) is 16.7. The van der Waals surface area contributed by atoms with E-state index in [-0.39, 0.29) is 23.2 Å². The second-order valence-electron chi connectivity index (χ2n) is 9.47. The van der Waals surface area contributed by atoms with E-state index in [1.165, 1.54) is 13.8 Å². The van der Waals surface area contributed by atoms with Gasteiger partial charge in [0.15, 0.2) is 23.4 Å². The van der Waals surface area contributed by atoms with E-state index in [9.17, 15) is 14.4 Å². The molecule has 5 aliphatic rings. The summed E-state index contributed by atoms with van der Waals surface area (Å²) in [5.41, 5.74) is 0.474. The zero-order valence-corrected chi connectivity index (χ0v) is 16.7. The normalized spacial score (nSPS) is 40.4. The van der Waals surface area contributed by atoms with Crippen LogP contribution in [0.4, 0.5) is 0 Å². The fraction of sp³-hybridized carbons (Fsp3) is 0.591. The Bertz CT molecular complexity index is 1020. The largest absolute Gasteiger partial charge is 0.477 e. The van der Waals surface area contributed by atoms with E-state index < -0.39 is 23.1 Å². The van der Waals surface area contributed by atoms with Crippen LogP contribution in [-0.2, 0) is 31.0 Å². The monoisotopic (exact) mass is 397 g/mol. The fourth-order valence-electron chi connectivity index (χ4n) is 7.73. The standard InChI is InChI=1S/C22H23NO6/c1-11(24)27-15-5-4-13-8-20-9-21-16(13)17(15)28-18(21)14(26)6-7-22(21,29-12(2)25)19(20)23(3)10-20/h4-5,18-19H,6-10H2,1-3H3/t18-,19+,20?,21-,22+/m0/s1. The van der Waals surface area contributed by atoms with Gasteiger partial charge in [-0.3, -0.25) is 19.3 Å². The Morgan fingerprint density at radius 3 is 2.72 bits per heavy atom. The Kier molecular flexibility index (Phi) is 3.01. The molecule has 1 unspecified atom stereocenters. The summed E-state index contributed by atoms with van der Waals surface area (Å²) < 4.78 is 17.9. The summed E-state index contributed by atoms with van der Waals surface area (Å²) in [6.45, 7) is 3.70. The van der Waals surface area contributed by atoms with Crippen molar-refractivity contribution in [2.45, 2.75) is 62.7 Å². The predicted octanol–water partition coefficient (Wildman–Crippen LogP) is 1.54. The minimum absolute atomic E-state index is 0.0321. The molecule has 1 aromatic rings. The maximum Gasteiger partial charge on any atom is 0.308 e. The van der Waals surface area contributed by atoms with Crippen molar-refractivity contribution in [3.63, 3.8) is 0 Å². The molecule has 2 saturated carbocycles. The molecule has 2 heterocycles. The van der Waals surface area contributed by atoms with Crippen molar-refractivity contribution in [3.8, 4) is 11.5 Å². The van der Waals surface area contributed by atoms with Crippen molar-refractivity contribution in [1.82, 2.24) is 4.90 Å². The maximum absolute atomic E-state index is 13.1. The number of nitrogens with zero attached hydrogens (tertiary/aromatic N) is 1. The molecule has 29 heavy (non-hydrogen) atoms. The van der Waals surface area contributed by atoms with E-state index in [4.69, 9.17) is 14.2 Å². The predicted molar refractivity (Wildman–Crippen MR) is 99.8 cm³/mol. The molecule has 5 atom stereocenters. The SMILES string of the molecule is CC(=O)Oc1ccc2c3c1O[C@H]1C(=O)CC[C@@]4(OC(C)=O)[C@@H]5N(C)CC5(C2)C[C@]314. The van der Waals surface area contributed by atoms with Crippen LogP contribution in [0, 0.1) is 5.41 Å². The molecule has 1 aromatic carbocycles. The lowest BCUT2D eigenvalue weighted by atomic mass is 9.57. The maximum atomic E-state index is 13.1. The molecule has 1 saturated heterocycles. The summed E-state index contributed by atoms with van der Waals surface area (Å²) in [7, 11) is 2.07. The third kappa shape index (κ3) is 1.74. The Morgan fingerprint density at radius 1 is 1.24 bits per heavy atom. The number of hydrogen-bond acceptors (Lipinski definition) is 7. The van der Waals surface area contributed by atoms with Gasteiger partial charge in [-0.05, 0) is 37.9 Å². The van der Waals surface area contributed by atoms with Crippen LogP contribution in [0.5, 0.6) is 11.5 Å². The van der Waals surface area contributed by atoms with Gasteiger partial charge in [0, 0.05) is 37.8 Å². The van der Waals surface area contributed by atoms with Crippen molar-refractivity contribution in [1.29, 1.82) is 0 Å². The minimum Gasteiger partial charge on any atom is -0.477 e. The number of fused-ring (bicyclic) bond motifs is 1. The second kappa shape index (κ2) is 5.01. The highest BCUT2D eigenvalue weighted by Crippen LogP contribution is 2.75. The average molecular weight is 397 g/mol. The number of Topliss-reactive ketones (excluding diaryl/α,β-unsaturated/α-hetero) is 1. The first kappa shape index (κ1) is 17.4. The highest BCUT2D eigenvalue weighted by atomic mass is 16.6. The Hall–Kier alpha value is -2.41. The Balaban J connectivity index is 1.67. The molecule has 0 amide bonds.